The summed E-state index contributed by atoms with van der Waals surface area (Å²) in [5.74, 6) is 0. The Bertz CT molecular complexity index is 366. The molecule has 4 aliphatic rings. The largest absolute Gasteiger partial charge is 0.329 e. The van der Waals surface area contributed by atoms with Crippen molar-refractivity contribution in [2.75, 3.05) is 52.4 Å². The van der Waals surface area contributed by atoms with Crippen LogP contribution in [-0.2, 0) is 0 Å². The number of piperazine rings is 2. The summed E-state index contributed by atoms with van der Waals surface area (Å²) < 4.78 is 0. The third kappa shape index (κ3) is 1.04. The zero-order valence-corrected chi connectivity index (χ0v) is 11.6. The molecule has 0 aliphatic carbocycles. The van der Waals surface area contributed by atoms with Gasteiger partial charge in [-0.15, -0.1) is 0 Å². The lowest BCUT2D eigenvalue weighted by Crippen LogP contribution is -2.81. The van der Waals surface area contributed by atoms with Crippen LogP contribution in [0.1, 0.15) is 13.8 Å². The second kappa shape index (κ2) is 3.46. The molecule has 0 spiro atoms. The van der Waals surface area contributed by atoms with E-state index < -0.39 is 0 Å². The standard InChI is InChI=1S/C13H25N5/c1-12-13(2)17-6-5-15(12)3-4-16(12)7-8-18(13)11(9-14)10-17/h11H,3-10,14H2,1-2H3/t11?,12-,13+/m0/s1. The Hall–Kier alpha value is -0.200. The zero-order chi connectivity index (χ0) is 12.5. The van der Waals surface area contributed by atoms with E-state index in [0.717, 1.165) is 13.1 Å². The fourth-order valence-corrected chi connectivity index (χ4v) is 5.16. The van der Waals surface area contributed by atoms with E-state index in [1.807, 2.05) is 0 Å². The van der Waals surface area contributed by atoms with E-state index in [2.05, 4.69) is 33.4 Å². The topological polar surface area (TPSA) is 39.0 Å². The maximum atomic E-state index is 6.01. The fourth-order valence-electron chi connectivity index (χ4n) is 5.16. The van der Waals surface area contributed by atoms with Crippen LogP contribution in [0.4, 0.5) is 0 Å². The first kappa shape index (κ1) is 11.6. The first-order chi connectivity index (χ1) is 8.62. The van der Waals surface area contributed by atoms with Crippen molar-refractivity contribution in [3.8, 4) is 0 Å². The van der Waals surface area contributed by atoms with Crippen LogP contribution in [0.25, 0.3) is 0 Å². The van der Waals surface area contributed by atoms with Crippen molar-refractivity contribution < 1.29 is 0 Å². The van der Waals surface area contributed by atoms with Crippen molar-refractivity contribution in [1.82, 2.24) is 19.6 Å². The predicted octanol–water partition coefficient (Wildman–Crippen LogP) is -0.991. The minimum Gasteiger partial charge on any atom is -0.329 e. The lowest BCUT2D eigenvalue weighted by atomic mass is 9.86. The van der Waals surface area contributed by atoms with Crippen molar-refractivity contribution in [3.63, 3.8) is 0 Å². The SMILES string of the molecule is C[C@]12N3CCN1CCN1C(CN)CN(CC3)[C@]12C. The van der Waals surface area contributed by atoms with Crippen molar-refractivity contribution in [3.05, 3.63) is 0 Å². The normalized spacial score (nSPS) is 49.8. The van der Waals surface area contributed by atoms with Gasteiger partial charge < -0.3 is 5.73 Å². The Morgan fingerprint density at radius 2 is 1.44 bits per heavy atom. The number of nitrogens with zero attached hydrogens (tertiary/aromatic N) is 4. The highest BCUT2D eigenvalue weighted by Crippen LogP contribution is 2.50. The maximum absolute atomic E-state index is 6.01. The molecule has 4 fully saturated rings. The van der Waals surface area contributed by atoms with Crippen LogP contribution in [0, 0.1) is 0 Å². The summed E-state index contributed by atoms with van der Waals surface area (Å²) in [6.45, 7) is 14.1. The molecule has 3 atom stereocenters. The number of hydrogen-bond acceptors (Lipinski definition) is 5. The van der Waals surface area contributed by atoms with Gasteiger partial charge in [0, 0.05) is 58.4 Å². The first-order valence-corrected chi connectivity index (χ1v) is 7.34. The lowest BCUT2D eigenvalue weighted by Gasteiger charge is -2.64. The molecule has 5 heteroatoms. The highest BCUT2D eigenvalue weighted by atomic mass is 15.6. The molecule has 2 N–H and O–H groups in total. The summed E-state index contributed by atoms with van der Waals surface area (Å²) in [5, 5.41) is 0. The monoisotopic (exact) mass is 251 g/mol. The highest BCUT2D eigenvalue weighted by molar-refractivity contribution is 5.19. The van der Waals surface area contributed by atoms with Crippen LogP contribution in [0.2, 0.25) is 0 Å². The Morgan fingerprint density at radius 1 is 0.889 bits per heavy atom. The van der Waals surface area contributed by atoms with Gasteiger partial charge in [-0.3, -0.25) is 19.6 Å². The average Bonchev–Trinajstić information content (AvgIpc) is 2.82. The van der Waals surface area contributed by atoms with Crippen LogP contribution < -0.4 is 5.73 Å². The van der Waals surface area contributed by atoms with Crippen LogP contribution in [0.3, 0.4) is 0 Å². The molecule has 4 heterocycles. The molecule has 5 nitrogen and oxygen atoms in total. The van der Waals surface area contributed by atoms with E-state index in [-0.39, 0.29) is 11.3 Å². The molecule has 1 unspecified atom stereocenters. The van der Waals surface area contributed by atoms with E-state index in [1.54, 1.807) is 0 Å². The lowest BCUT2D eigenvalue weighted by molar-refractivity contribution is -0.205. The Morgan fingerprint density at radius 3 is 2.06 bits per heavy atom. The van der Waals surface area contributed by atoms with Crippen LogP contribution in [-0.4, -0.2) is 89.3 Å². The maximum Gasteiger partial charge on any atom is 0.104 e. The predicted molar refractivity (Wildman–Crippen MR) is 71.1 cm³/mol. The molecule has 4 saturated heterocycles. The van der Waals surface area contributed by atoms with Gasteiger partial charge in [0.15, 0.2) is 0 Å². The van der Waals surface area contributed by atoms with E-state index >= 15 is 0 Å². The van der Waals surface area contributed by atoms with Crippen molar-refractivity contribution >= 4 is 0 Å². The van der Waals surface area contributed by atoms with E-state index in [0.29, 0.717) is 6.04 Å². The minimum absolute atomic E-state index is 0.157. The van der Waals surface area contributed by atoms with Crippen LogP contribution in [0.5, 0.6) is 0 Å². The summed E-state index contributed by atoms with van der Waals surface area (Å²) in [7, 11) is 0. The van der Waals surface area contributed by atoms with Crippen LogP contribution in [0.15, 0.2) is 0 Å². The molecular formula is C13H25N5. The van der Waals surface area contributed by atoms with Gasteiger partial charge in [-0.2, -0.15) is 0 Å². The van der Waals surface area contributed by atoms with Gasteiger partial charge in [0.05, 0.1) is 0 Å². The second-order valence-electron chi connectivity index (χ2n) is 6.54. The molecule has 0 aromatic heterocycles. The van der Waals surface area contributed by atoms with Crippen molar-refractivity contribution in [2.24, 2.45) is 5.73 Å². The quantitative estimate of drug-likeness (QED) is 0.648. The summed E-state index contributed by atoms with van der Waals surface area (Å²) >= 11 is 0. The smallest absolute Gasteiger partial charge is 0.104 e. The van der Waals surface area contributed by atoms with Gasteiger partial charge in [0.2, 0.25) is 0 Å². The number of nitrogens with two attached hydrogens (primary N) is 1. The summed E-state index contributed by atoms with van der Waals surface area (Å²) in [4.78, 5) is 10.8. The molecular weight excluding hydrogens is 226 g/mol. The second-order valence-corrected chi connectivity index (χ2v) is 6.54. The zero-order valence-electron chi connectivity index (χ0n) is 11.6. The molecule has 0 aromatic rings. The first-order valence-electron chi connectivity index (χ1n) is 7.34. The number of hydrogen-bond donors (Lipinski definition) is 1. The molecule has 0 radical (unpaired) electrons. The van der Waals surface area contributed by atoms with E-state index in [9.17, 15) is 0 Å². The molecule has 18 heavy (non-hydrogen) atoms. The van der Waals surface area contributed by atoms with Crippen LogP contribution >= 0.6 is 0 Å². The van der Waals surface area contributed by atoms with Crippen molar-refractivity contribution in [1.29, 1.82) is 0 Å². The van der Waals surface area contributed by atoms with Gasteiger partial charge >= 0.3 is 0 Å². The third-order valence-electron chi connectivity index (χ3n) is 6.34. The average molecular weight is 251 g/mol. The third-order valence-corrected chi connectivity index (χ3v) is 6.34. The molecule has 4 rings (SSSR count). The molecule has 0 bridgehead atoms. The molecule has 0 aromatic carbocycles. The van der Waals surface area contributed by atoms with Gasteiger partial charge in [0.25, 0.3) is 0 Å². The van der Waals surface area contributed by atoms with Crippen molar-refractivity contribution in [2.45, 2.75) is 31.2 Å². The molecule has 4 aliphatic heterocycles. The van der Waals surface area contributed by atoms with Gasteiger partial charge in [0.1, 0.15) is 11.3 Å². The number of rotatable bonds is 1. The summed E-state index contributed by atoms with van der Waals surface area (Å²) in [6, 6.07) is 0.550. The summed E-state index contributed by atoms with van der Waals surface area (Å²) in [5.41, 5.74) is 6.36. The van der Waals surface area contributed by atoms with E-state index in [1.165, 1.54) is 39.3 Å². The molecule has 0 saturated carbocycles. The van der Waals surface area contributed by atoms with Gasteiger partial charge in [-0.25, -0.2) is 0 Å². The fraction of sp³-hybridized carbons (Fsp3) is 1.00. The summed E-state index contributed by atoms with van der Waals surface area (Å²) in [6.07, 6.45) is 0. The van der Waals surface area contributed by atoms with Gasteiger partial charge in [-0.1, -0.05) is 0 Å². The Kier molecular flexibility index (Phi) is 2.23. The molecule has 102 valence electrons. The van der Waals surface area contributed by atoms with Gasteiger partial charge in [-0.05, 0) is 13.8 Å². The Labute approximate surface area is 109 Å². The molecule has 0 amide bonds. The minimum atomic E-state index is 0.157. The van der Waals surface area contributed by atoms with E-state index in [4.69, 9.17) is 5.73 Å². The Balaban J connectivity index is 1.83. The highest BCUT2D eigenvalue weighted by Gasteiger charge is 2.68.